The van der Waals surface area contributed by atoms with E-state index in [4.69, 9.17) is 18.9 Å². The third kappa shape index (κ3) is 42.4. The Labute approximate surface area is 476 Å². The molecule has 2 heterocycles. The molecule has 2 atom stereocenters. The minimum atomic E-state index is -0.101. The van der Waals surface area contributed by atoms with Crippen molar-refractivity contribution >= 4 is 45.5 Å². The van der Waals surface area contributed by atoms with Crippen molar-refractivity contribution < 1.29 is 38.1 Å². The molecule has 0 radical (unpaired) electrons. The highest BCUT2D eigenvalue weighted by atomic mass is 33.1. The van der Waals surface area contributed by atoms with Gasteiger partial charge in [0.25, 0.3) is 0 Å². The van der Waals surface area contributed by atoms with Crippen LogP contribution in [0, 0.1) is 23.7 Å². The Morgan fingerprint density at radius 1 is 0.382 bits per heavy atom. The first-order valence-electron chi connectivity index (χ1n) is 32.6. The van der Waals surface area contributed by atoms with Crippen molar-refractivity contribution in [1.29, 1.82) is 0 Å². The Hall–Kier alpha value is -1.50. The first-order valence-corrected chi connectivity index (χ1v) is 35.1. The van der Waals surface area contributed by atoms with Crippen molar-refractivity contribution in [2.75, 3.05) is 77.2 Å². The van der Waals surface area contributed by atoms with Crippen LogP contribution in [0.1, 0.15) is 285 Å². The molecule has 0 saturated carbocycles. The topological polar surface area (TPSA) is 112 Å². The molecule has 2 aliphatic rings. The normalized spacial score (nSPS) is 15.7. The van der Waals surface area contributed by atoms with Gasteiger partial charge < -0.3 is 28.7 Å². The average molecular weight is 1110 g/mol. The third-order valence-electron chi connectivity index (χ3n) is 16.4. The second-order valence-corrected chi connectivity index (χ2v) is 26.0. The maximum Gasteiger partial charge on any atom is 0.305 e. The molecule has 2 fully saturated rings. The number of carbonyl (C=O) groups is 4. The largest absolute Gasteiger partial charge is 0.466 e. The molecule has 0 amide bonds. The highest BCUT2D eigenvalue weighted by Gasteiger charge is 2.22. The minimum absolute atomic E-state index is 0.0803. The first kappa shape index (κ1) is 70.6. The molecule has 0 bridgehead atoms. The van der Waals surface area contributed by atoms with Crippen LogP contribution < -0.4 is 0 Å². The smallest absolute Gasteiger partial charge is 0.305 e. The number of unbranched alkanes of at least 4 members (excludes halogenated alkanes) is 20. The van der Waals surface area contributed by atoms with Crippen LogP contribution in [0.2, 0.25) is 0 Å². The van der Waals surface area contributed by atoms with Gasteiger partial charge in [-0.3, -0.25) is 19.2 Å². The lowest BCUT2D eigenvalue weighted by Crippen LogP contribution is -2.36. The summed E-state index contributed by atoms with van der Waals surface area (Å²) in [7, 11) is 4.01. The van der Waals surface area contributed by atoms with E-state index in [1.165, 1.54) is 180 Å². The van der Waals surface area contributed by atoms with E-state index in [2.05, 4.69) is 37.5 Å². The molecule has 76 heavy (non-hydrogen) atoms. The number of likely N-dealkylation sites (tertiary alicyclic amines) is 2. The molecular weight excluding hydrogens is 989 g/mol. The van der Waals surface area contributed by atoms with Crippen molar-refractivity contribution in [3.8, 4) is 0 Å². The summed E-state index contributed by atoms with van der Waals surface area (Å²) in [6.07, 6.45) is 43.6. The van der Waals surface area contributed by atoms with Gasteiger partial charge in [0.15, 0.2) is 0 Å². The summed E-state index contributed by atoms with van der Waals surface area (Å²) in [6, 6.07) is 0. The first-order chi connectivity index (χ1) is 37.3. The second kappa shape index (κ2) is 51.6. The zero-order valence-electron chi connectivity index (χ0n) is 50.1. The SMILES string of the molecule is CCCCCCCCC(CCCCCC)COC(=O)CCCCCC(=O)OCCC1CCN(CCSSCCN2CCC(CCOC(=O)CCCCCC(=O)OCC(CCCCCC)CCCCCCCC)CC2)CC1. The zero-order valence-corrected chi connectivity index (χ0v) is 51.7. The van der Waals surface area contributed by atoms with Gasteiger partial charge in [0.2, 0.25) is 0 Å². The monoisotopic (exact) mass is 1110 g/mol. The van der Waals surface area contributed by atoms with Crippen LogP contribution in [-0.4, -0.2) is 111 Å². The van der Waals surface area contributed by atoms with E-state index in [1.807, 2.05) is 21.6 Å². The van der Waals surface area contributed by atoms with Crippen molar-refractivity contribution in [3.63, 3.8) is 0 Å². The number of rotatable bonds is 53. The third-order valence-corrected chi connectivity index (χ3v) is 18.8. The number of nitrogens with zero attached hydrogens (tertiary/aromatic N) is 2. The minimum Gasteiger partial charge on any atom is -0.466 e. The lowest BCUT2D eigenvalue weighted by Gasteiger charge is -2.32. The van der Waals surface area contributed by atoms with Crippen molar-refractivity contribution in [3.05, 3.63) is 0 Å². The van der Waals surface area contributed by atoms with Gasteiger partial charge in [0.1, 0.15) is 0 Å². The van der Waals surface area contributed by atoms with E-state index in [0.717, 1.165) is 102 Å². The highest BCUT2D eigenvalue weighted by Crippen LogP contribution is 2.27. The van der Waals surface area contributed by atoms with Crippen LogP contribution >= 0.6 is 21.6 Å². The molecule has 0 aromatic carbocycles. The Kier molecular flexibility index (Phi) is 48.0. The molecule has 0 aromatic heterocycles. The van der Waals surface area contributed by atoms with E-state index in [1.54, 1.807) is 0 Å². The molecule has 0 aromatic rings. The summed E-state index contributed by atoms with van der Waals surface area (Å²) in [5.74, 6) is 4.21. The van der Waals surface area contributed by atoms with Gasteiger partial charge in [-0.05, 0) is 140 Å². The predicted molar refractivity (Wildman–Crippen MR) is 323 cm³/mol. The molecule has 10 nitrogen and oxygen atoms in total. The number of ether oxygens (including phenoxy) is 4. The van der Waals surface area contributed by atoms with Crippen molar-refractivity contribution in [2.45, 2.75) is 285 Å². The number of piperidine rings is 2. The maximum absolute atomic E-state index is 12.5. The zero-order chi connectivity index (χ0) is 54.8. The lowest BCUT2D eigenvalue weighted by atomic mass is 9.94. The summed E-state index contributed by atoms with van der Waals surface area (Å²) < 4.78 is 22.7. The summed E-state index contributed by atoms with van der Waals surface area (Å²) in [4.78, 5) is 55.1. The van der Waals surface area contributed by atoms with Crippen LogP contribution in [0.5, 0.6) is 0 Å². The van der Waals surface area contributed by atoms with E-state index in [-0.39, 0.29) is 23.9 Å². The quantitative estimate of drug-likeness (QED) is 0.0250. The number of carbonyl (C=O) groups excluding carboxylic acids is 4. The summed E-state index contributed by atoms with van der Waals surface area (Å²) in [5, 5.41) is 0. The van der Waals surface area contributed by atoms with E-state index < -0.39 is 0 Å². The van der Waals surface area contributed by atoms with Gasteiger partial charge in [0.05, 0.1) is 26.4 Å². The van der Waals surface area contributed by atoms with Gasteiger partial charge in [0, 0.05) is 50.3 Å². The molecule has 0 aliphatic carbocycles. The molecule has 2 saturated heterocycles. The van der Waals surface area contributed by atoms with Crippen molar-refractivity contribution in [2.24, 2.45) is 23.7 Å². The Bertz CT molecular complexity index is 1260. The molecule has 2 unspecified atom stereocenters. The summed E-state index contributed by atoms with van der Waals surface area (Å²) in [5.41, 5.74) is 0. The van der Waals surface area contributed by atoms with E-state index >= 15 is 0 Å². The van der Waals surface area contributed by atoms with Gasteiger partial charge in [-0.25, -0.2) is 0 Å². The number of hydrogen-bond acceptors (Lipinski definition) is 12. The molecule has 0 spiro atoms. The van der Waals surface area contributed by atoms with Gasteiger partial charge in [-0.2, -0.15) is 0 Å². The van der Waals surface area contributed by atoms with Crippen LogP contribution in [0.3, 0.4) is 0 Å². The summed E-state index contributed by atoms with van der Waals surface area (Å²) in [6.45, 7) is 18.0. The fourth-order valence-electron chi connectivity index (χ4n) is 11.0. The van der Waals surface area contributed by atoms with Crippen LogP contribution in [0.15, 0.2) is 0 Å². The van der Waals surface area contributed by atoms with Crippen molar-refractivity contribution in [1.82, 2.24) is 9.80 Å². The summed E-state index contributed by atoms with van der Waals surface area (Å²) >= 11 is 0. The van der Waals surface area contributed by atoms with Crippen LogP contribution in [0.4, 0.5) is 0 Å². The van der Waals surface area contributed by atoms with Crippen LogP contribution in [0.25, 0.3) is 0 Å². The van der Waals surface area contributed by atoms with Gasteiger partial charge in [-0.15, -0.1) is 0 Å². The molecule has 2 rings (SSSR count). The molecule has 446 valence electrons. The average Bonchev–Trinajstić information content (AvgIpc) is 3.42. The molecular formula is C64H120N2O8S2. The Morgan fingerprint density at radius 2 is 0.658 bits per heavy atom. The molecule has 0 N–H and O–H groups in total. The van der Waals surface area contributed by atoms with E-state index in [0.29, 0.717) is 75.8 Å². The van der Waals surface area contributed by atoms with Crippen LogP contribution in [-0.2, 0) is 38.1 Å². The second-order valence-electron chi connectivity index (χ2n) is 23.3. The molecule has 12 heteroatoms. The molecule has 2 aliphatic heterocycles. The standard InChI is InChI=1S/C64H120N2O8S2/c1-5-9-13-17-19-25-33-59(31-23-15-11-7-3)55-73-63(69)37-29-21-27-35-61(67)71-51-43-57-39-45-65(46-40-57)49-53-75-76-54-50-66-47-41-58(42-48-66)44-52-72-62(68)36-28-22-30-38-64(70)74-56-60(32-24-16-12-8-4)34-26-20-18-14-10-6-2/h57-60H,5-56H2,1-4H3. The maximum atomic E-state index is 12.5. The lowest BCUT2D eigenvalue weighted by molar-refractivity contribution is -0.146. The Balaban J connectivity index is 1.39. The van der Waals surface area contributed by atoms with Gasteiger partial charge >= 0.3 is 23.9 Å². The fourth-order valence-corrected chi connectivity index (χ4v) is 13.1. The van der Waals surface area contributed by atoms with Gasteiger partial charge in [-0.1, -0.05) is 191 Å². The number of esters is 4. The Morgan fingerprint density at radius 3 is 0.987 bits per heavy atom. The predicted octanol–water partition coefficient (Wildman–Crippen LogP) is 17.3. The van der Waals surface area contributed by atoms with E-state index in [9.17, 15) is 19.2 Å². The fraction of sp³-hybridized carbons (Fsp3) is 0.938. The number of hydrogen-bond donors (Lipinski definition) is 0. The highest BCUT2D eigenvalue weighted by molar-refractivity contribution is 8.76.